The second-order valence-electron chi connectivity index (χ2n) is 6.98. The predicted octanol–water partition coefficient (Wildman–Crippen LogP) is 4.47. The standard InChI is InChI=1S/C22H25O7P/c1-22(2,30-25)19(20(23)17-13(26-3)9-7-10-14(17)27-4)21(24)18-15(28-5)11-8-12-16(18)29-6/h7-12,19H,1-6H3. The zero-order valence-corrected chi connectivity index (χ0v) is 18.7. The van der Waals surface area contributed by atoms with E-state index in [0.717, 1.165) is 0 Å². The predicted molar refractivity (Wildman–Crippen MR) is 113 cm³/mol. The van der Waals surface area contributed by atoms with Crippen molar-refractivity contribution in [1.29, 1.82) is 0 Å². The molecule has 0 aromatic heterocycles. The Morgan fingerprint density at radius 2 is 1.03 bits per heavy atom. The van der Waals surface area contributed by atoms with Gasteiger partial charge in [-0.15, -0.1) is 0 Å². The molecule has 0 N–H and O–H groups in total. The second kappa shape index (κ2) is 9.72. The fraction of sp³-hybridized carbons (Fsp3) is 0.364. The molecule has 0 fully saturated rings. The molecule has 7 nitrogen and oxygen atoms in total. The zero-order chi connectivity index (χ0) is 22.5. The van der Waals surface area contributed by atoms with E-state index >= 15 is 0 Å². The minimum Gasteiger partial charge on any atom is -0.496 e. The number of methoxy groups -OCH3 is 4. The van der Waals surface area contributed by atoms with Crippen LogP contribution in [0.15, 0.2) is 36.4 Å². The lowest BCUT2D eigenvalue weighted by Crippen LogP contribution is -2.39. The first-order chi connectivity index (χ1) is 14.3. The number of carbonyl (C=O) groups excluding carboxylic acids is 2. The van der Waals surface area contributed by atoms with E-state index in [1.807, 2.05) is 0 Å². The molecule has 2 aromatic carbocycles. The monoisotopic (exact) mass is 432 g/mol. The van der Waals surface area contributed by atoms with Gasteiger partial charge < -0.3 is 18.9 Å². The van der Waals surface area contributed by atoms with E-state index in [0.29, 0.717) is 0 Å². The lowest BCUT2D eigenvalue weighted by molar-refractivity contribution is 0.0773. The summed E-state index contributed by atoms with van der Waals surface area (Å²) in [5.41, 5.74) is 0.206. The van der Waals surface area contributed by atoms with Gasteiger partial charge in [-0.2, -0.15) is 0 Å². The molecule has 0 radical (unpaired) electrons. The van der Waals surface area contributed by atoms with Gasteiger partial charge in [-0.1, -0.05) is 12.1 Å². The number of ketones is 2. The van der Waals surface area contributed by atoms with Gasteiger partial charge in [0, 0.05) is 0 Å². The zero-order valence-electron chi connectivity index (χ0n) is 17.8. The molecule has 2 aromatic rings. The van der Waals surface area contributed by atoms with Crippen molar-refractivity contribution < 1.29 is 33.1 Å². The number of Topliss-reactive ketones (excluding diaryl/α,β-unsaturated/α-hetero) is 2. The fourth-order valence-electron chi connectivity index (χ4n) is 3.29. The smallest absolute Gasteiger partial charge is 0.182 e. The maximum Gasteiger partial charge on any atom is 0.182 e. The largest absolute Gasteiger partial charge is 0.496 e. The maximum absolute atomic E-state index is 13.7. The van der Waals surface area contributed by atoms with Crippen LogP contribution in [-0.4, -0.2) is 45.2 Å². The molecular weight excluding hydrogens is 407 g/mol. The summed E-state index contributed by atoms with van der Waals surface area (Å²) in [4.78, 5) is 27.4. The van der Waals surface area contributed by atoms with Gasteiger partial charge in [0.1, 0.15) is 40.0 Å². The van der Waals surface area contributed by atoms with Crippen molar-refractivity contribution in [3.05, 3.63) is 47.5 Å². The lowest BCUT2D eigenvalue weighted by Gasteiger charge is -2.28. The minimum absolute atomic E-state index is 0.103. The van der Waals surface area contributed by atoms with Crippen LogP contribution in [0.5, 0.6) is 23.0 Å². The first-order valence-electron chi connectivity index (χ1n) is 9.12. The van der Waals surface area contributed by atoms with E-state index in [1.54, 1.807) is 50.2 Å². The number of carbonyl (C=O) groups is 2. The number of benzene rings is 2. The van der Waals surface area contributed by atoms with Crippen LogP contribution < -0.4 is 18.9 Å². The summed E-state index contributed by atoms with van der Waals surface area (Å²) >= 11 is 0. The summed E-state index contributed by atoms with van der Waals surface area (Å²) in [6.45, 7) is 3.15. The summed E-state index contributed by atoms with van der Waals surface area (Å²) in [5.74, 6) is -1.46. The molecule has 0 saturated heterocycles. The van der Waals surface area contributed by atoms with Gasteiger partial charge in [0.15, 0.2) is 20.0 Å². The molecule has 0 aliphatic rings. The van der Waals surface area contributed by atoms with Crippen LogP contribution in [-0.2, 0) is 4.57 Å². The molecule has 0 amide bonds. The summed E-state index contributed by atoms with van der Waals surface area (Å²) in [6.07, 6.45) is 0. The van der Waals surface area contributed by atoms with Gasteiger partial charge in [-0.3, -0.25) is 14.2 Å². The van der Waals surface area contributed by atoms with Crippen LogP contribution in [0.3, 0.4) is 0 Å². The van der Waals surface area contributed by atoms with Crippen molar-refractivity contribution in [3.8, 4) is 23.0 Å². The molecule has 0 saturated carbocycles. The first kappa shape index (κ1) is 23.4. The Hall–Kier alpha value is -2.92. The van der Waals surface area contributed by atoms with Crippen molar-refractivity contribution in [2.45, 2.75) is 19.0 Å². The third-order valence-electron chi connectivity index (χ3n) is 4.81. The van der Waals surface area contributed by atoms with Crippen molar-refractivity contribution in [3.63, 3.8) is 0 Å². The second-order valence-corrected chi connectivity index (χ2v) is 8.32. The highest BCUT2D eigenvalue weighted by Crippen LogP contribution is 2.42. The van der Waals surface area contributed by atoms with Gasteiger partial charge in [0.25, 0.3) is 0 Å². The van der Waals surface area contributed by atoms with Gasteiger partial charge in [-0.05, 0) is 38.1 Å². The highest BCUT2D eigenvalue weighted by atomic mass is 31.1. The van der Waals surface area contributed by atoms with Crippen molar-refractivity contribution >= 4 is 20.0 Å². The Balaban J connectivity index is 2.76. The number of hydrogen-bond acceptors (Lipinski definition) is 7. The molecule has 0 aliphatic carbocycles. The van der Waals surface area contributed by atoms with E-state index < -0.39 is 22.6 Å². The van der Waals surface area contributed by atoms with Crippen molar-refractivity contribution in [2.75, 3.05) is 28.4 Å². The highest BCUT2D eigenvalue weighted by Gasteiger charge is 2.45. The molecule has 8 heteroatoms. The van der Waals surface area contributed by atoms with E-state index in [2.05, 4.69) is 0 Å². The Morgan fingerprint density at radius 1 is 0.733 bits per heavy atom. The van der Waals surface area contributed by atoms with Gasteiger partial charge in [0.05, 0.1) is 33.6 Å². The minimum atomic E-state index is -1.33. The average Bonchev–Trinajstić information content (AvgIpc) is 2.77. The average molecular weight is 432 g/mol. The molecule has 0 atom stereocenters. The Kier molecular flexibility index (Phi) is 7.57. The maximum atomic E-state index is 13.7. The normalized spacial score (nSPS) is 11.3. The van der Waals surface area contributed by atoms with Crippen LogP contribution >= 0.6 is 8.46 Å². The molecule has 0 aliphatic heterocycles. The molecule has 0 bridgehead atoms. The Bertz CT molecular complexity index is 840. The number of hydrogen-bond donors (Lipinski definition) is 0. The van der Waals surface area contributed by atoms with E-state index in [4.69, 9.17) is 18.9 Å². The van der Waals surface area contributed by atoms with Crippen LogP contribution in [0.1, 0.15) is 34.6 Å². The summed E-state index contributed by atoms with van der Waals surface area (Å²) < 4.78 is 33.4. The third kappa shape index (κ3) is 4.31. The van der Waals surface area contributed by atoms with E-state index in [1.165, 1.54) is 28.4 Å². The van der Waals surface area contributed by atoms with Crippen molar-refractivity contribution in [1.82, 2.24) is 0 Å². The van der Waals surface area contributed by atoms with Crippen LogP contribution in [0.4, 0.5) is 0 Å². The highest BCUT2D eigenvalue weighted by molar-refractivity contribution is 7.26. The Morgan fingerprint density at radius 3 is 1.27 bits per heavy atom. The third-order valence-corrected chi connectivity index (χ3v) is 5.54. The van der Waals surface area contributed by atoms with Gasteiger partial charge in [-0.25, -0.2) is 0 Å². The first-order valence-corrected chi connectivity index (χ1v) is 9.93. The molecular formula is C22H25O7P. The van der Waals surface area contributed by atoms with E-state index in [9.17, 15) is 14.2 Å². The van der Waals surface area contributed by atoms with Crippen molar-refractivity contribution in [2.24, 2.45) is 5.92 Å². The molecule has 30 heavy (non-hydrogen) atoms. The summed E-state index contributed by atoms with van der Waals surface area (Å²) in [7, 11) is 5.30. The lowest BCUT2D eigenvalue weighted by atomic mass is 9.80. The summed E-state index contributed by atoms with van der Waals surface area (Å²) in [5, 5.41) is -1.23. The van der Waals surface area contributed by atoms with Crippen LogP contribution in [0.25, 0.3) is 0 Å². The SMILES string of the molecule is COc1cccc(OC)c1C(=O)C(C(=O)c1c(OC)cccc1OC)C(C)(C)P=O. The summed E-state index contributed by atoms with van der Waals surface area (Å²) in [6, 6.07) is 9.74. The number of rotatable bonds is 10. The van der Waals surface area contributed by atoms with Gasteiger partial charge >= 0.3 is 0 Å². The molecule has 0 spiro atoms. The molecule has 160 valence electrons. The Labute approximate surface area is 177 Å². The molecule has 0 heterocycles. The van der Waals surface area contributed by atoms with Crippen LogP contribution in [0.2, 0.25) is 0 Å². The quantitative estimate of drug-likeness (QED) is 0.311. The van der Waals surface area contributed by atoms with E-state index in [-0.39, 0.29) is 42.6 Å². The molecule has 2 rings (SSSR count). The fourth-order valence-corrected chi connectivity index (χ4v) is 3.63. The van der Waals surface area contributed by atoms with Gasteiger partial charge in [0.2, 0.25) is 0 Å². The number of ether oxygens (including phenoxy) is 4. The van der Waals surface area contributed by atoms with Crippen LogP contribution in [0, 0.1) is 5.92 Å². The molecule has 0 unspecified atom stereocenters. The topological polar surface area (TPSA) is 88.1 Å².